The van der Waals surface area contributed by atoms with Crippen LogP contribution in [0.5, 0.6) is 0 Å². The second-order valence-electron chi connectivity index (χ2n) is 5.74. The molecule has 0 bridgehead atoms. The Hall–Kier alpha value is -1.03. The number of amidine groups is 1. The fraction of sp³-hybridized carbons (Fsp3) is 0.600. The van der Waals surface area contributed by atoms with Crippen LogP contribution in [-0.4, -0.2) is 22.4 Å². The van der Waals surface area contributed by atoms with Crippen LogP contribution in [-0.2, 0) is 6.54 Å². The summed E-state index contributed by atoms with van der Waals surface area (Å²) in [5, 5.41) is 4.54. The topological polar surface area (TPSA) is 37.3 Å². The predicted octanol–water partition coefficient (Wildman–Crippen LogP) is 3.14. The standard InChI is InChI=1S/C15H21N3S/c1-12-5-4-8-16-13(12)9-17-14-18-10-15(11-19-14)6-2-3-7-15/h4-5,8H,2-3,6-7,9-11H2,1H3,(H,17,18). The van der Waals surface area contributed by atoms with E-state index in [9.17, 15) is 0 Å². The van der Waals surface area contributed by atoms with Gasteiger partial charge in [0.15, 0.2) is 5.17 Å². The maximum Gasteiger partial charge on any atom is 0.156 e. The number of nitrogens with one attached hydrogen (secondary N) is 1. The Morgan fingerprint density at radius 3 is 2.89 bits per heavy atom. The van der Waals surface area contributed by atoms with Gasteiger partial charge in [-0.25, -0.2) is 0 Å². The number of hydrogen-bond acceptors (Lipinski definition) is 4. The molecular weight excluding hydrogens is 254 g/mol. The fourth-order valence-electron chi connectivity index (χ4n) is 2.95. The number of aromatic nitrogens is 1. The summed E-state index contributed by atoms with van der Waals surface area (Å²) in [6.07, 6.45) is 7.39. The van der Waals surface area contributed by atoms with Gasteiger partial charge in [0.25, 0.3) is 0 Å². The molecule has 0 atom stereocenters. The van der Waals surface area contributed by atoms with Gasteiger partial charge in [0, 0.05) is 18.5 Å². The van der Waals surface area contributed by atoms with Crippen molar-refractivity contribution in [2.75, 3.05) is 12.3 Å². The predicted molar refractivity (Wildman–Crippen MR) is 81.5 cm³/mol. The minimum Gasteiger partial charge on any atom is -0.359 e. The molecule has 0 saturated heterocycles. The highest BCUT2D eigenvalue weighted by atomic mass is 32.2. The third-order valence-corrected chi connectivity index (χ3v) is 5.57. The normalized spacial score (nSPS) is 21.4. The van der Waals surface area contributed by atoms with Crippen molar-refractivity contribution in [1.29, 1.82) is 0 Å². The van der Waals surface area contributed by atoms with Gasteiger partial charge in [-0.1, -0.05) is 30.7 Å². The minimum absolute atomic E-state index is 0.525. The number of nitrogens with zero attached hydrogens (tertiary/aromatic N) is 2. The van der Waals surface area contributed by atoms with Crippen LogP contribution in [0.2, 0.25) is 0 Å². The lowest BCUT2D eigenvalue weighted by atomic mass is 9.89. The maximum absolute atomic E-state index is 4.75. The van der Waals surface area contributed by atoms with E-state index >= 15 is 0 Å². The summed E-state index contributed by atoms with van der Waals surface area (Å²) >= 11 is 1.90. The molecule has 4 heteroatoms. The maximum atomic E-state index is 4.75. The van der Waals surface area contributed by atoms with Crippen molar-refractivity contribution >= 4 is 16.9 Å². The number of aryl methyl sites for hydroxylation is 1. The number of pyridine rings is 1. The van der Waals surface area contributed by atoms with Crippen LogP contribution in [0.3, 0.4) is 0 Å². The summed E-state index contributed by atoms with van der Waals surface area (Å²) in [5.74, 6) is 1.24. The zero-order valence-electron chi connectivity index (χ0n) is 11.5. The van der Waals surface area contributed by atoms with E-state index in [-0.39, 0.29) is 0 Å². The van der Waals surface area contributed by atoms with Gasteiger partial charge in [-0.05, 0) is 36.8 Å². The Morgan fingerprint density at radius 2 is 2.21 bits per heavy atom. The Morgan fingerprint density at radius 1 is 1.37 bits per heavy atom. The lowest BCUT2D eigenvalue weighted by molar-refractivity contribution is 0.358. The molecule has 1 aliphatic carbocycles. The third kappa shape index (κ3) is 2.94. The molecule has 102 valence electrons. The van der Waals surface area contributed by atoms with Crippen molar-refractivity contribution in [2.45, 2.75) is 39.2 Å². The minimum atomic E-state index is 0.525. The lowest BCUT2D eigenvalue weighted by Gasteiger charge is -2.31. The molecular formula is C15H21N3S. The first-order valence-electron chi connectivity index (χ1n) is 7.09. The highest BCUT2D eigenvalue weighted by Crippen LogP contribution is 2.43. The quantitative estimate of drug-likeness (QED) is 0.901. The molecule has 1 fully saturated rings. The molecule has 0 amide bonds. The van der Waals surface area contributed by atoms with E-state index in [4.69, 9.17) is 4.99 Å². The number of aliphatic imine (C=N–C) groups is 1. The first-order chi connectivity index (χ1) is 9.27. The van der Waals surface area contributed by atoms with Crippen LogP contribution in [0, 0.1) is 12.3 Å². The number of hydrogen-bond donors (Lipinski definition) is 1. The van der Waals surface area contributed by atoms with Crippen LogP contribution in [0.1, 0.15) is 36.9 Å². The molecule has 3 nitrogen and oxygen atoms in total. The molecule has 0 unspecified atom stereocenters. The van der Waals surface area contributed by atoms with E-state index < -0.39 is 0 Å². The van der Waals surface area contributed by atoms with E-state index in [0.29, 0.717) is 5.41 Å². The second kappa shape index (κ2) is 5.53. The van der Waals surface area contributed by atoms with Crippen molar-refractivity contribution < 1.29 is 0 Å². The zero-order chi connectivity index (χ0) is 13.1. The summed E-state index contributed by atoms with van der Waals surface area (Å²) in [4.78, 5) is 9.16. The SMILES string of the molecule is Cc1cccnc1CNC1=NCC2(CCCC2)CS1. The van der Waals surface area contributed by atoms with Gasteiger partial charge in [0.1, 0.15) is 0 Å². The van der Waals surface area contributed by atoms with Crippen molar-refractivity contribution in [3.05, 3.63) is 29.6 Å². The van der Waals surface area contributed by atoms with Gasteiger partial charge in [-0.3, -0.25) is 9.98 Å². The molecule has 1 spiro atoms. The van der Waals surface area contributed by atoms with Crippen molar-refractivity contribution in [3.63, 3.8) is 0 Å². The molecule has 1 aliphatic heterocycles. The van der Waals surface area contributed by atoms with Gasteiger partial charge in [-0.15, -0.1) is 0 Å². The van der Waals surface area contributed by atoms with Crippen LogP contribution in [0.15, 0.2) is 23.3 Å². The molecule has 1 N–H and O–H groups in total. The first kappa shape index (κ1) is 13.0. The molecule has 1 aromatic rings. The molecule has 0 radical (unpaired) electrons. The summed E-state index contributed by atoms with van der Waals surface area (Å²) < 4.78 is 0. The highest BCUT2D eigenvalue weighted by molar-refractivity contribution is 8.13. The van der Waals surface area contributed by atoms with Crippen molar-refractivity contribution in [3.8, 4) is 0 Å². The zero-order valence-corrected chi connectivity index (χ0v) is 12.3. The van der Waals surface area contributed by atoms with Crippen molar-refractivity contribution in [2.24, 2.45) is 10.4 Å². The molecule has 1 saturated carbocycles. The Bertz CT molecular complexity index is 478. The molecule has 3 rings (SSSR count). The van der Waals surface area contributed by atoms with E-state index in [0.717, 1.165) is 24.0 Å². The molecule has 2 heterocycles. The summed E-state index contributed by atoms with van der Waals surface area (Å²) in [6, 6.07) is 4.09. The van der Waals surface area contributed by atoms with E-state index in [2.05, 4.69) is 23.3 Å². The highest BCUT2D eigenvalue weighted by Gasteiger charge is 2.36. The van der Waals surface area contributed by atoms with E-state index in [1.165, 1.54) is 37.0 Å². The van der Waals surface area contributed by atoms with Crippen LogP contribution >= 0.6 is 11.8 Å². The van der Waals surface area contributed by atoms with E-state index in [1.54, 1.807) is 0 Å². The smallest absolute Gasteiger partial charge is 0.156 e. The van der Waals surface area contributed by atoms with Gasteiger partial charge in [0.2, 0.25) is 0 Å². The number of rotatable bonds is 2. The van der Waals surface area contributed by atoms with E-state index in [1.807, 2.05) is 24.0 Å². The first-order valence-corrected chi connectivity index (χ1v) is 8.08. The summed E-state index contributed by atoms with van der Waals surface area (Å²) in [7, 11) is 0. The van der Waals surface area contributed by atoms with Gasteiger partial charge in [-0.2, -0.15) is 0 Å². The van der Waals surface area contributed by atoms with Crippen LogP contribution in [0.4, 0.5) is 0 Å². The van der Waals surface area contributed by atoms with Crippen LogP contribution in [0.25, 0.3) is 0 Å². The monoisotopic (exact) mass is 275 g/mol. The average molecular weight is 275 g/mol. The largest absolute Gasteiger partial charge is 0.359 e. The Balaban J connectivity index is 1.57. The second-order valence-corrected chi connectivity index (χ2v) is 6.70. The van der Waals surface area contributed by atoms with Crippen molar-refractivity contribution in [1.82, 2.24) is 10.3 Å². The molecule has 0 aromatic carbocycles. The lowest BCUT2D eigenvalue weighted by Crippen LogP contribution is -2.33. The van der Waals surface area contributed by atoms with Crippen LogP contribution < -0.4 is 5.32 Å². The summed E-state index contributed by atoms with van der Waals surface area (Å²) in [6.45, 7) is 3.91. The fourth-order valence-corrected chi connectivity index (χ4v) is 4.10. The Kier molecular flexibility index (Phi) is 3.78. The Labute approximate surface area is 119 Å². The van der Waals surface area contributed by atoms with Gasteiger partial charge >= 0.3 is 0 Å². The van der Waals surface area contributed by atoms with Gasteiger partial charge in [0.05, 0.1) is 12.2 Å². The molecule has 19 heavy (non-hydrogen) atoms. The molecule has 2 aliphatic rings. The average Bonchev–Trinajstić information content (AvgIpc) is 2.88. The van der Waals surface area contributed by atoms with Gasteiger partial charge < -0.3 is 5.32 Å². The molecule has 1 aromatic heterocycles. The third-order valence-electron chi connectivity index (χ3n) is 4.26. The summed E-state index contributed by atoms with van der Waals surface area (Å²) in [5.41, 5.74) is 2.88. The number of thioether (sulfide) groups is 1.